The van der Waals surface area contributed by atoms with Crippen molar-refractivity contribution >= 4 is 39.7 Å². The molecule has 7 heteroatoms. The van der Waals surface area contributed by atoms with Gasteiger partial charge in [0, 0.05) is 32.5 Å². The van der Waals surface area contributed by atoms with Crippen LogP contribution in [0.3, 0.4) is 0 Å². The summed E-state index contributed by atoms with van der Waals surface area (Å²) in [6, 6.07) is 11.0. The average molecular weight is 522 g/mol. The Labute approximate surface area is 186 Å². The third-order valence-electron chi connectivity index (χ3n) is 4.75. The van der Waals surface area contributed by atoms with Crippen LogP contribution in [0.4, 0.5) is 4.39 Å². The molecule has 3 heterocycles. The molecule has 0 unspecified atom stereocenters. The van der Waals surface area contributed by atoms with Crippen LogP contribution in [0, 0.1) is 30.2 Å². The lowest BCUT2D eigenvalue weighted by atomic mass is 10.0. The number of aromatic nitrogens is 3. The predicted octanol–water partition coefficient (Wildman–Crippen LogP) is 6.30. The summed E-state index contributed by atoms with van der Waals surface area (Å²) in [5.74, 6) is 0.285. The summed E-state index contributed by atoms with van der Waals surface area (Å²) in [6.45, 7) is 6.00. The monoisotopic (exact) mass is 521 g/mol. The van der Waals surface area contributed by atoms with Crippen molar-refractivity contribution in [3.8, 4) is 17.0 Å². The Bertz CT molecular complexity index is 1220. The maximum absolute atomic E-state index is 14.2. The molecular formula is C22H18ClFIN3O. The second-order valence-corrected chi connectivity index (χ2v) is 8.47. The first-order valence-corrected chi connectivity index (χ1v) is 10.5. The molecule has 0 bridgehead atoms. The van der Waals surface area contributed by atoms with Crippen LogP contribution >= 0.6 is 34.2 Å². The van der Waals surface area contributed by atoms with Crippen LogP contribution in [0.1, 0.15) is 22.4 Å². The van der Waals surface area contributed by atoms with Gasteiger partial charge in [-0.05, 0) is 78.8 Å². The summed E-state index contributed by atoms with van der Waals surface area (Å²) < 4.78 is 22.8. The van der Waals surface area contributed by atoms with Gasteiger partial charge in [0.25, 0.3) is 0 Å². The van der Waals surface area contributed by atoms with Gasteiger partial charge in [-0.1, -0.05) is 17.7 Å². The second-order valence-electron chi connectivity index (χ2n) is 6.95. The van der Waals surface area contributed by atoms with Gasteiger partial charge in [0.1, 0.15) is 17.6 Å². The van der Waals surface area contributed by atoms with E-state index in [0.29, 0.717) is 16.6 Å². The fourth-order valence-electron chi connectivity index (χ4n) is 3.33. The van der Waals surface area contributed by atoms with Crippen molar-refractivity contribution in [2.75, 3.05) is 0 Å². The molecule has 0 fully saturated rings. The highest BCUT2D eigenvalue weighted by Gasteiger charge is 2.17. The zero-order valence-electron chi connectivity index (χ0n) is 16.1. The molecule has 0 atom stereocenters. The standard InChI is InChI=1S/C22H18ClFIN3O/c1-12-7-19-21(15-9-13(2)22(23)26-10-15)14(3)27-28(19)20(8-12)29-11-16-17(24)5-4-6-18(16)25/h4-10H,11H2,1-3H3. The topological polar surface area (TPSA) is 39.4 Å². The van der Waals surface area contributed by atoms with Gasteiger partial charge in [-0.3, -0.25) is 0 Å². The first kappa shape index (κ1) is 20.1. The summed E-state index contributed by atoms with van der Waals surface area (Å²) >= 11 is 8.21. The van der Waals surface area contributed by atoms with Crippen LogP contribution < -0.4 is 4.74 Å². The van der Waals surface area contributed by atoms with E-state index in [0.717, 1.165) is 37.0 Å². The van der Waals surface area contributed by atoms with Crippen LogP contribution in [-0.2, 0) is 6.61 Å². The van der Waals surface area contributed by atoms with E-state index in [1.165, 1.54) is 6.07 Å². The van der Waals surface area contributed by atoms with Crippen molar-refractivity contribution in [1.29, 1.82) is 0 Å². The van der Waals surface area contributed by atoms with Gasteiger partial charge in [-0.2, -0.15) is 5.10 Å². The number of pyridine rings is 2. The van der Waals surface area contributed by atoms with Crippen molar-refractivity contribution in [2.24, 2.45) is 0 Å². The van der Waals surface area contributed by atoms with E-state index in [2.05, 4.69) is 38.7 Å². The van der Waals surface area contributed by atoms with Gasteiger partial charge < -0.3 is 4.74 Å². The molecule has 4 nitrogen and oxygen atoms in total. The highest BCUT2D eigenvalue weighted by atomic mass is 127. The number of halogens is 3. The van der Waals surface area contributed by atoms with E-state index in [4.69, 9.17) is 16.3 Å². The minimum Gasteiger partial charge on any atom is -0.473 e. The minimum atomic E-state index is -0.277. The van der Waals surface area contributed by atoms with Crippen LogP contribution in [-0.4, -0.2) is 14.6 Å². The normalized spacial score (nSPS) is 11.2. The summed E-state index contributed by atoms with van der Waals surface area (Å²) in [6.07, 6.45) is 1.75. The van der Waals surface area contributed by atoms with Crippen LogP contribution in [0.5, 0.6) is 5.88 Å². The minimum absolute atomic E-state index is 0.124. The molecule has 1 aromatic carbocycles. The van der Waals surface area contributed by atoms with E-state index in [1.807, 2.05) is 39.0 Å². The van der Waals surface area contributed by atoms with Crippen molar-refractivity contribution in [3.05, 3.63) is 79.5 Å². The maximum atomic E-state index is 14.2. The van der Waals surface area contributed by atoms with Gasteiger partial charge in [0.2, 0.25) is 5.88 Å². The van der Waals surface area contributed by atoms with E-state index < -0.39 is 0 Å². The van der Waals surface area contributed by atoms with Gasteiger partial charge in [-0.25, -0.2) is 13.9 Å². The molecule has 148 valence electrons. The van der Waals surface area contributed by atoms with Crippen molar-refractivity contribution in [2.45, 2.75) is 27.4 Å². The second kappa shape index (κ2) is 7.91. The van der Waals surface area contributed by atoms with E-state index >= 15 is 0 Å². The Morgan fingerprint density at radius 2 is 1.97 bits per heavy atom. The molecule has 0 aliphatic heterocycles. The van der Waals surface area contributed by atoms with E-state index in [9.17, 15) is 4.39 Å². The molecule has 0 aliphatic carbocycles. The fourth-order valence-corrected chi connectivity index (χ4v) is 4.05. The first-order chi connectivity index (χ1) is 13.8. The highest BCUT2D eigenvalue weighted by Crippen LogP contribution is 2.33. The number of nitrogens with zero attached hydrogens (tertiary/aromatic N) is 3. The SMILES string of the molecule is Cc1cc(OCc2c(F)cccc2I)n2nc(C)c(-c3cnc(Cl)c(C)c3)c2c1. The number of benzene rings is 1. The number of ether oxygens (including phenoxy) is 1. The third-order valence-corrected chi connectivity index (χ3v) is 6.16. The Morgan fingerprint density at radius 1 is 1.17 bits per heavy atom. The fraction of sp³-hybridized carbons (Fsp3) is 0.182. The summed E-state index contributed by atoms with van der Waals surface area (Å²) in [4.78, 5) is 4.28. The molecular weight excluding hydrogens is 504 g/mol. The van der Waals surface area contributed by atoms with Gasteiger partial charge in [0.15, 0.2) is 0 Å². The van der Waals surface area contributed by atoms with Crippen molar-refractivity contribution in [1.82, 2.24) is 14.6 Å². The lowest BCUT2D eigenvalue weighted by molar-refractivity contribution is 0.279. The molecule has 0 radical (unpaired) electrons. The maximum Gasteiger partial charge on any atom is 0.215 e. The Kier molecular flexibility index (Phi) is 5.48. The number of aryl methyl sites for hydroxylation is 3. The van der Waals surface area contributed by atoms with E-state index in [1.54, 1.807) is 16.8 Å². The van der Waals surface area contributed by atoms with Gasteiger partial charge in [-0.15, -0.1) is 0 Å². The highest BCUT2D eigenvalue weighted by molar-refractivity contribution is 14.1. The van der Waals surface area contributed by atoms with Crippen LogP contribution in [0.25, 0.3) is 16.6 Å². The lowest BCUT2D eigenvalue weighted by Crippen LogP contribution is -2.05. The quantitative estimate of drug-likeness (QED) is 0.234. The molecule has 4 rings (SSSR count). The zero-order chi connectivity index (χ0) is 20.7. The average Bonchev–Trinajstić information content (AvgIpc) is 2.99. The summed E-state index contributed by atoms with van der Waals surface area (Å²) in [5.41, 5.74) is 6.14. The van der Waals surface area contributed by atoms with E-state index in [-0.39, 0.29) is 12.4 Å². The number of rotatable bonds is 4. The van der Waals surface area contributed by atoms with Crippen molar-refractivity contribution < 1.29 is 9.13 Å². The van der Waals surface area contributed by atoms with Crippen LogP contribution in [0.15, 0.2) is 42.6 Å². The largest absolute Gasteiger partial charge is 0.473 e. The van der Waals surface area contributed by atoms with Gasteiger partial charge >= 0.3 is 0 Å². The summed E-state index contributed by atoms with van der Waals surface area (Å²) in [5, 5.41) is 5.16. The molecule has 0 amide bonds. The lowest BCUT2D eigenvalue weighted by Gasteiger charge is -2.11. The number of hydrogen-bond acceptors (Lipinski definition) is 3. The molecule has 0 aliphatic rings. The Morgan fingerprint density at radius 3 is 2.69 bits per heavy atom. The molecule has 0 N–H and O–H groups in total. The Hall–Kier alpha value is -2.19. The number of hydrogen-bond donors (Lipinski definition) is 0. The Balaban J connectivity index is 1.79. The third kappa shape index (κ3) is 3.83. The molecule has 0 saturated carbocycles. The molecule has 0 spiro atoms. The molecule has 4 aromatic rings. The molecule has 29 heavy (non-hydrogen) atoms. The number of fused-ring (bicyclic) bond motifs is 1. The molecule has 3 aromatic heterocycles. The van der Waals surface area contributed by atoms with Crippen LogP contribution in [0.2, 0.25) is 5.15 Å². The zero-order valence-corrected chi connectivity index (χ0v) is 19.0. The predicted molar refractivity (Wildman–Crippen MR) is 121 cm³/mol. The smallest absolute Gasteiger partial charge is 0.215 e. The first-order valence-electron chi connectivity index (χ1n) is 9.03. The summed E-state index contributed by atoms with van der Waals surface area (Å²) in [7, 11) is 0. The van der Waals surface area contributed by atoms with Crippen molar-refractivity contribution in [3.63, 3.8) is 0 Å². The van der Waals surface area contributed by atoms with Gasteiger partial charge in [0.05, 0.1) is 11.2 Å². The molecule has 0 saturated heterocycles.